The summed E-state index contributed by atoms with van der Waals surface area (Å²) in [6.45, 7) is 3.70. The van der Waals surface area contributed by atoms with Crippen molar-refractivity contribution in [2.75, 3.05) is 13.6 Å². The van der Waals surface area contributed by atoms with Crippen LogP contribution in [0.2, 0.25) is 0 Å². The van der Waals surface area contributed by atoms with E-state index in [0.29, 0.717) is 0 Å². The molecule has 0 spiro atoms. The van der Waals surface area contributed by atoms with E-state index in [0.717, 1.165) is 25.1 Å². The van der Waals surface area contributed by atoms with Crippen LogP contribution in [0, 0.1) is 5.82 Å². The molecule has 0 aliphatic rings. The van der Waals surface area contributed by atoms with Crippen molar-refractivity contribution in [2.45, 2.75) is 25.9 Å². The Kier molecular flexibility index (Phi) is 4.72. The van der Waals surface area contributed by atoms with E-state index in [9.17, 15) is 4.39 Å². The molecule has 2 nitrogen and oxygen atoms in total. The molecule has 0 amide bonds. The van der Waals surface area contributed by atoms with E-state index in [-0.39, 0.29) is 11.9 Å². The van der Waals surface area contributed by atoms with Crippen molar-refractivity contribution in [1.29, 1.82) is 0 Å². The van der Waals surface area contributed by atoms with E-state index in [1.54, 1.807) is 12.1 Å². The fourth-order valence-corrected chi connectivity index (χ4v) is 1.45. The van der Waals surface area contributed by atoms with E-state index in [2.05, 4.69) is 4.90 Å². The molecule has 0 bridgehead atoms. The zero-order chi connectivity index (χ0) is 11.3. The molecule has 0 saturated carbocycles. The summed E-state index contributed by atoms with van der Waals surface area (Å²) in [7, 11) is 2.02. The number of nitrogens with two attached hydrogens (primary N) is 1. The van der Waals surface area contributed by atoms with E-state index in [1.807, 2.05) is 20.0 Å². The van der Waals surface area contributed by atoms with Gasteiger partial charge in [-0.2, -0.15) is 0 Å². The summed E-state index contributed by atoms with van der Waals surface area (Å²) in [5.74, 6) is -0.173. The van der Waals surface area contributed by atoms with Gasteiger partial charge in [0.05, 0.1) is 0 Å². The van der Waals surface area contributed by atoms with Crippen molar-refractivity contribution in [1.82, 2.24) is 4.90 Å². The zero-order valence-corrected chi connectivity index (χ0v) is 9.41. The molecule has 2 N–H and O–H groups in total. The lowest BCUT2D eigenvalue weighted by atomic mass is 10.2. The number of nitrogens with zero attached hydrogens (tertiary/aromatic N) is 1. The van der Waals surface area contributed by atoms with Gasteiger partial charge in [-0.25, -0.2) is 4.39 Å². The van der Waals surface area contributed by atoms with Crippen LogP contribution >= 0.6 is 0 Å². The van der Waals surface area contributed by atoms with Crippen molar-refractivity contribution < 1.29 is 4.39 Å². The number of hydrogen-bond acceptors (Lipinski definition) is 2. The molecule has 1 atom stereocenters. The summed E-state index contributed by atoms with van der Waals surface area (Å²) in [5, 5.41) is 0. The van der Waals surface area contributed by atoms with E-state index >= 15 is 0 Å². The topological polar surface area (TPSA) is 29.3 Å². The average molecular weight is 210 g/mol. The van der Waals surface area contributed by atoms with Gasteiger partial charge in [0.15, 0.2) is 0 Å². The van der Waals surface area contributed by atoms with Gasteiger partial charge in [-0.1, -0.05) is 12.1 Å². The van der Waals surface area contributed by atoms with Gasteiger partial charge in [0.2, 0.25) is 0 Å². The van der Waals surface area contributed by atoms with Crippen LogP contribution in [0.25, 0.3) is 0 Å². The van der Waals surface area contributed by atoms with Crippen molar-refractivity contribution in [3.63, 3.8) is 0 Å². The van der Waals surface area contributed by atoms with Gasteiger partial charge >= 0.3 is 0 Å². The summed E-state index contributed by atoms with van der Waals surface area (Å²) >= 11 is 0. The van der Waals surface area contributed by atoms with E-state index in [1.165, 1.54) is 6.07 Å². The predicted octanol–water partition coefficient (Wildman–Crippen LogP) is 1.99. The Balaban J connectivity index is 2.40. The van der Waals surface area contributed by atoms with Gasteiger partial charge in [0.25, 0.3) is 0 Å². The second kappa shape index (κ2) is 5.83. The standard InChI is InChI=1S/C12H19FN2/c1-10(14)6-7-15(2)9-11-4-3-5-12(13)8-11/h3-5,8,10H,6-7,9,14H2,1-2H3. The Labute approximate surface area is 90.9 Å². The van der Waals surface area contributed by atoms with Gasteiger partial charge in [-0.05, 0) is 44.6 Å². The van der Waals surface area contributed by atoms with E-state index < -0.39 is 0 Å². The molecule has 0 aliphatic carbocycles. The highest BCUT2D eigenvalue weighted by molar-refractivity contribution is 5.15. The van der Waals surface area contributed by atoms with Gasteiger partial charge in [0.1, 0.15) is 5.82 Å². The lowest BCUT2D eigenvalue weighted by Crippen LogP contribution is -2.25. The molecule has 84 valence electrons. The fourth-order valence-electron chi connectivity index (χ4n) is 1.45. The van der Waals surface area contributed by atoms with Gasteiger partial charge in [0, 0.05) is 12.6 Å². The van der Waals surface area contributed by atoms with Crippen LogP contribution in [-0.2, 0) is 6.54 Å². The molecule has 1 aromatic carbocycles. The zero-order valence-electron chi connectivity index (χ0n) is 9.41. The first-order valence-corrected chi connectivity index (χ1v) is 5.26. The molecule has 0 aliphatic heterocycles. The lowest BCUT2D eigenvalue weighted by molar-refractivity contribution is 0.313. The lowest BCUT2D eigenvalue weighted by Gasteiger charge is -2.17. The monoisotopic (exact) mass is 210 g/mol. The maximum absolute atomic E-state index is 12.9. The molecular formula is C12H19FN2. The molecule has 0 heterocycles. The summed E-state index contributed by atoms with van der Waals surface area (Å²) in [4.78, 5) is 2.15. The second-order valence-corrected chi connectivity index (χ2v) is 4.13. The molecule has 0 saturated heterocycles. The van der Waals surface area contributed by atoms with Crippen molar-refractivity contribution in [2.24, 2.45) is 5.73 Å². The van der Waals surface area contributed by atoms with Crippen LogP contribution in [0.1, 0.15) is 18.9 Å². The first-order chi connectivity index (χ1) is 7.08. The van der Waals surface area contributed by atoms with Crippen molar-refractivity contribution in [3.8, 4) is 0 Å². The normalized spacial score (nSPS) is 13.1. The minimum absolute atomic E-state index is 0.173. The molecule has 0 radical (unpaired) electrons. The minimum atomic E-state index is -0.173. The molecule has 1 unspecified atom stereocenters. The smallest absolute Gasteiger partial charge is 0.123 e. The number of hydrogen-bond donors (Lipinski definition) is 1. The molecule has 0 aromatic heterocycles. The number of benzene rings is 1. The Hall–Kier alpha value is -0.930. The Morgan fingerprint density at radius 3 is 2.80 bits per heavy atom. The molecule has 15 heavy (non-hydrogen) atoms. The largest absolute Gasteiger partial charge is 0.328 e. The molecule has 1 rings (SSSR count). The summed E-state index contributed by atoms with van der Waals surface area (Å²) < 4.78 is 12.9. The maximum atomic E-state index is 12.9. The molecular weight excluding hydrogens is 191 g/mol. The van der Waals surface area contributed by atoms with Crippen LogP contribution < -0.4 is 5.73 Å². The Morgan fingerprint density at radius 2 is 2.20 bits per heavy atom. The Morgan fingerprint density at radius 1 is 1.47 bits per heavy atom. The first kappa shape index (κ1) is 12.1. The number of rotatable bonds is 5. The number of halogens is 1. The van der Waals surface area contributed by atoms with Gasteiger partial charge in [-0.3, -0.25) is 0 Å². The van der Waals surface area contributed by atoms with Crippen molar-refractivity contribution >= 4 is 0 Å². The van der Waals surface area contributed by atoms with Crippen molar-refractivity contribution in [3.05, 3.63) is 35.6 Å². The fraction of sp³-hybridized carbons (Fsp3) is 0.500. The highest BCUT2D eigenvalue weighted by Crippen LogP contribution is 2.06. The van der Waals surface area contributed by atoms with E-state index in [4.69, 9.17) is 5.73 Å². The van der Waals surface area contributed by atoms with Gasteiger partial charge < -0.3 is 10.6 Å². The minimum Gasteiger partial charge on any atom is -0.328 e. The molecule has 3 heteroatoms. The highest BCUT2D eigenvalue weighted by Gasteiger charge is 2.02. The first-order valence-electron chi connectivity index (χ1n) is 5.26. The predicted molar refractivity (Wildman–Crippen MR) is 61.0 cm³/mol. The molecule has 1 aromatic rings. The summed E-state index contributed by atoms with van der Waals surface area (Å²) in [5.41, 5.74) is 6.67. The molecule has 0 fully saturated rings. The van der Waals surface area contributed by atoms with Crippen LogP contribution in [0.5, 0.6) is 0 Å². The van der Waals surface area contributed by atoms with Crippen LogP contribution in [-0.4, -0.2) is 24.5 Å². The average Bonchev–Trinajstić information content (AvgIpc) is 2.15. The van der Waals surface area contributed by atoms with Crippen LogP contribution in [0.3, 0.4) is 0 Å². The third-order valence-corrected chi connectivity index (χ3v) is 2.31. The second-order valence-electron chi connectivity index (χ2n) is 4.13. The van der Waals surface area contributed by atoms with Crippen LogP contribution in [0.4, 0.5) is 4.39 Å². The summed E-state index contributed by atoms with van der Waals surface area (Å²) in [6, 6.07) is 6.93. The maximum Gasteiger partial charge on any atom is 0.123 e. The highest BCUT2D eigenvalue weighted by atomic mass is 19.1. The third kappa shape index (κ3) is 4.91. The Bertz CT molecular complexity index is 299. The summed E-state index contributed by atoms with van der Waals surface area (Å²) in [6.07, 6.45) is 0.964. The van der Waals surface area contributed by atoms with Gasteiger partial charge in [-0.15, -0.1) is 0 Å². The third-order valence-electron chi connectivity index (χ3n) is 2.31. The quantitative estimate of drug-likeness (QED) is 0.805. The van der Waals surface area contributed by atoms with Crippen LogP contribution in [0.15, 0.2) is 24.3 Å². The SMILES string of the molecule is CC(N)CCN(C)Cc1cccc(F)c1.